The number of nitrogens with zero attached hydrogens (tertiary/aromatic N) is 2. The van der Waals surface area contributed by atoms with Crippen LogP contribution < -0.4 is 5.32 Å². The molecule has 0 aromatic carbocycles. The third-order valence-electron chi connectivity index (χ3n) is 4.50. The van der Waals surface area contributed by atoms with Gasteiger partial charge in [0.25, 0.3) is 0 Å². The molecule has 2 rings (SSSR count). The minimum atomic E-state index is 0.291. The molecule has 1 aromatic heterocycles. The zero-order valence-electron chi connectivity index (χ0n) is 13.4. The van der Waals surface area contributed by atoms with Crippen LogP contribution in [0.5, 0.6) is 0 Å². The highest BCUT2D eigenvalue weighted by molar-refractivity contribution is 5.03. The van der Waals surface area contributed by atoms with E-state index in [-0.39, 0.29) is 0 Å². The summed E-state index contributed by atoms with van der Waals surface area (Å²) in [6, 6.07) is 0.361. The Labute approximate surface area is 122 Å². The minimum absolute atomic E-state index is 0.291. The summed E-state index contributed by atoms with van der Waals surface area (Å²) in [5, 5.41) is 7.76. The quantitative estimate of drug-likeness (QED) is 0.859. The second-order valence-corrected chi connectivity index (χ2v) is 6.44. The molecular weight excluding hydrogens is 250 g/mol. The highest BCUT2D eigenvalue weighted by Crippen LogP contribution is 2.33. The molecule has 1 heterocycles. The van der Waals surface area contributed by atoms with Crippen LogP contribution in [-0.4, -0.2) is 22.7 Å². The van der Waals surface area contributed by atoms with Crippen LogP contribution in [0.3, 0.4) is 0 Å². The van der Waals surface area contributed by atoms with Crippen molar-refractivity contribution in [1.82, 2.24) is 15.5 Å². The lowest BCUT2D eigenvalue weighted by molar-refractivity contribution is 0.279. The molecular formula is C16H29N3O. The van der Waals surface area contributed by atoms with Gasteiger partial charge in [-0.1, -0.05) is 45.2 Å². The predicted octanol–water partition coefficient (Wildman–Crippen LogP) is 3.85. The first kappa shape index (κ1) is 15.5. The number of hydrogen-bond donors (Lipinski definition) is 1. The molecule has 4 nitrogen and oxygen atoms in total. The Morgan fingerprint density at radius 3 is 2.50 bits per heavy atom. The molecule has 0 spiro atoms. The van der Waals surface area contributed by atoms with Crippen molar-refractivity contribution in [3.8, 4) is 0 Å². The molecule has 1 aliphatic rings. The molecule has 2 atom stereocenters. The molecule has 1 aromatic rings. The first-order chi connectivity index (χ1) is 9.63. The number of rotatable bonds is 6. The second kappa shape index (κ2) is 7.21. The average molecular weight is 279 g/mol. The van der Waals surface area contributed by atoms with Crippen molar-refractivity contribution in [2.45, 2.75) is 77.7 Å². The van der Waals surface area contributed by atoms with Gasteiger partial charge in [0, 0.05) is 12.0 Å². The van der Waals surface area contributed by atoms with Crippen molar-refractivity contribution in [1.29, 1.82) is 0 Å². The fourth-order valence-electron chi connectivity index (χ4n) is 3.43. The molecule has 0 radical (unpaired) electrons. The molecule has 1 fully saturated rings. The summed E-state index contributed by atoms with van der Waals surface area (Å²) in [6.45, 7) is 9.76. The van der Waals surface area contributed by atoms with Gasteiger partial charge in [-0.05, 0) is 32.2 Å². The Morgan fingerprint density at radius 2 is 1.90 bits per heavy atom. The van der Waals surface area contributed by atoms with Crippen LogP contribution in [0.1, 0.15) is 83.3 Å². The third-order valence-corrected chi connectivity index (χ3v) is 4.50. The number of aromatic nitrogens is 2. The van der Waals surface area contributed by atoms with Crippen molar-refractivity contribution < 1.29 is 4.52 Å². The number of hydrogen-bond acceptors (Lipinski definition) is 4. The smallest absolute Gasteiger partial charge is 0.231 e. The lowest BCUT2D eigenvalue weighted by Crippen LogP contribution is -2.34. The molecule has 20 heavy (non-hydrogen) atoms. The summed E-state index contributed by atoms with van der Waals surface area (Å²) < 4.78 is 5.61. The van der Waals surface area contributed by atoms with Gasteiger partial charge in [-0.2, -0.15) is 4.98 Å². The molecule has 114 valence electrons. The lowest BCUT2D eigenvalue weighted by Gasteiger charge is -2.24. The van der Waals surface area contributed by atoms with Crippen molar-refractivity contribution in [2.75, 3.05) is 6.54 Å². The molecule has 0 aliphatic heterocycles. The fourth-order valence-corrected chi connectivity index (χ4v) is 3.43. The van der Waals surface area contributed by atoms with Gasteiger partial charge in [-0.3, -0.25) is 0 Å². The van der Waals surface area contributed by atoms with E-state index in [4.69, 9.17) is 9.51 Å². The SMILES string of the molecule is CCNC(C)C(c1nc(C2CCCCC2)no1)C(C)C. The Morgan fingerprint density at radius 1 is 1.20 bits per heavy atom. The lowest BCUT2D eigenvalue weighted by atomic mass is 9.88. The highest BCUT2D eigenvalue weighted by atomic mass is 16.5. The highest BCUT2D eigenvalue weighted by Gasteiger charge is 2.29. The fraction of sp³-hybridized carbons (Fsp3) is 0.875. The maximum absolute atomic E-state index is 5.61. The monoisotopic (exact) mass is 279 g/mol. The zero-order chi connectivity index (χ0) is 14.5. The van der Waals surface area contributed by atoms with Gasteiger partial charge >= 0.3 is 0 Å². The van der Waals surface area contributed by atoms with E-state index in [1.54, 1.807) is 0 Å². The molecule has 0 saturated heterocycles. The van der Waals surface area contributed by atoms with Gasteiger partial charge in [0.15, 0.2) is 5.82 Å². The van der Waals surface area contributed by atoms with Crippen LogP contribution in [0, 0.1) is 5.92 Å². The van der Waals surface area contributed by atoms with E-state index in [1.165, 1.54) is 32.1 Å². The predicted molar refractivity (Wildman–Crippen MR) is 80.8 cm³/mol. The average Bonchev–Trinajstić information content (AvgIpc) is 2.89. The van der Waals surface area contributed by atoms with E-state index in [0.29, 0.717) is 23.8 Å². The summed E-state index contributed by atoms with van der Waals surface area (Å²) in [4.78, 5) is 4.74. The molecule has 4 heteroatoms. The van der Waals surface area contributed by atoms with Crippen LogP contribution in [0.15, 0.2) is 4.52 Å². The Hall–Kier alpha value is -0.900. The van der Waals surface area contributed by atoms with E-state index >= 15 is 0 Å². The van der Waals surface area contributed by atoms with Gasteiger partial charge in [-0.15, -0.1) is 0 Å². The van der Waals surface area contributed by atoms with Gasteiger partial charge in [0.05, 0.1) is 5.92 Å². The second-order valence-electron chi connectivity index (χ2n) is 6.44. The van der Waals surface area contributed by atoms with Gasteiger partial charge in [0.2, 0.25) is 5.89 Å². The van der Waals surface area contributed by atoms with E-state index in [1.807, 2.05) is 0 Å². The number of nitrogens with one attached hydrogen (secondary N) is 1. The first-order valence-electron chi connectivity index (χ1n) is 8.20. The van der Waals surface area contributed by atoms with E-state index in [0.717, 1.165) is 18.3 Å². The molecule has 1 aliphatic carbocycles. The molecule has 0 bridgehead atoms. The summed E-state index contributed by atoms with van der Waals surface area (Å²) in [5.41, 5.74) is 0. The Kier molecular flexibility index (Phi) is 5.58. The van der Waals surface area contributed by atoms with Crippen molar-refractivity contribution >= 4 is 0 Å². The summed E-state index contributed by atoms with van der Waals surface area (Å²) in [7, 11) is 0. The molecule has 2 unspecified atom stereocenters. The maximum Gasteiger partial charge on any atom is 0.231 e. The maximum atomic E-state index is 5.61. The zero-order valence-corrected chi connectivity index (χ0v) is 13.4. The van der Waals surface area contributed by atoms with E-state index < -0.39 is 0 Å². The largest absolute Gasteiger partial charge is 0.339 e. The molecule has 1 saturated carbocycles. The summed E-state index contributed by atoms with van der Waals surface area (Å²) in [5.74, 6) is 3.05. The van der Waals surface area contributed by atoms with Gasteiger partial charge in [0.1, 0.15) is 0 Å². The van der Waals surface area contributed by atoms with Crippen molar-refractivity contribution in [3.05, 3.63) is 11.7 Å². The van der Waals surface area contributed by atoms with Crippen molar-refractivity contribution in [2.24, 2.45) is 5.92 Å². The van der Waals surface area contributed by atoms with Crippen molar-refractivity contribution in [3.63, 3.8) is 0 Å². The van der Waals surface area contributed by atoms with Crippen LogP contribution in [0.25, 0.3) is 0 Å². The van der Waals surface area contributed by atoms with E-state index in [9.17, 15) is 0 Å². The summed E-state index contributed by atoms with van der Waals surface area (Å²) in [6.07, 6.45) is 6.39. The normalized spacial score (nSPS) is 20.2. The Bertz CT molecular complexity index is 396. The minimum Gasteiger partial charge on any atom is -0.339 e. The van der Waals surface area contributed by atoms with Gasteiger partial charge in [-0.25, -0.2) is 0 Å². The first-order valence-corrected chi connectivity index (χ1v) is 8.20. The van der Waals surface area contributed by atoms with Crippen LogP contribution in [0.2, 0.25) is 0 Å². The van der Waals surface area contributed by atoms with E-state index in [2.05, 4.69) is 38.2 Å². The van der Waals surface area contributed by atoms with Crippen LogP contribution in [-0.2, 0) is 0 Å². The van der Waals surface area contributed by atoms with Crippen LogP contribution >= 0.6 is 0 Å². The summed E-state index contributed by atoms with van der Waals surface area (Å²) >= 11 is 0. The van der Waals surface area contributed by atoms with Crippen LogP contribution in [0.4, 0.5) is 0 Å². The standard InChI is InChI=1S/C16H29N3O/c1-5-17-12(4)14(11(2)3)16-18-15(19-20-16)13-9-7-6-8-10-13/h11-14,17H,5-10H2,1-4H3. The third kappa shape index (κ3) is 3.60. The molecule has 1 N–H and O–H groups in total. The topological polar surface area (TPSA) is 51.0 Å². The number of likely N-dealkylation sites (N-methyl/N-ethyl adjacent to an activating group) is 1. The van der Waals surface area contributed by atoms with Gasteiger partial charge < -0.3 is 9.84 Å². The molecule has 0 amide bonds. The Balaban J connectivity index is 2.11.